The lowest BCUT2D eigenvalue weighted by molar-refractivity contribution is 0.277. The number of imidazole rings is 1. The Morgan fingerprint density at radius 1 is 1.57 bits per heavy atom. The zero-order valence-electron chi connectivity index (χ0n) is 7.77. The molecular weight excluding hydrogens is 198 g/mol. The van der Waals surface area contributed by atoms with Gasteiger partial charge in [-0.2, -0.15) is 0 Å². The van der Waals surface area contributed by atoms with Gasteiger partial charge in [0, 0.05) is 23.5 Å². The van der Waals surface area contributed by atoms with E-state index in [0.29, 0.717) is 0 Å². The predicted molar refractivity (Wildman–Crippen MR) is 54.4 cm³/mol. The number of aromatic nitrogens is 3. The molecule has 0 aliphatic heterocycles. The lowest BCUT2D eigenvalue weighted by Crippen LogP contribution is -2.07. The Morgan fingerprint density at radius 2 is 2.43 bits per heavy atom. The number of hydrogen-bond donors (Lipinski definition) is 2. The van der Waals surface area contributed by atoms with E-state index in [0.717, 1.165) is 16.5 Å². The smallest absolute Gasteiger partial charge is 0.118 e. The highest BCUT2D eigenvalue weighted by Gasteiger charge is 2.18. The van der Waals surface area contributed by atoms with E-state index in [9.17, 15) is 5.11 Å². The number of H-pyrrole nitrogens is 1. The Balaban J connectivity index is 2.31. The standard InChI is InChI=1S/C9H11N3OS/c1-6-4-11-8(12-6)7(5-13)9-10-2-3-14-9/h2-4,7,13H,5H2,1H3,(H,11,12). The van der Waals surface area contributed by atoms with Gasteiger partial charge < -0.3 is 10.1 Å². The first-order chi connectivity index (χ1) is 6.81. The maximum atomic E-state index is 9.27. The fourth-order valence-electron chi connectivity index (χ4n) is 1.30. The largest absolute Gasteiger partial charge is 0.395 e. The molecule has 2 N–H and O–H groups in total. The van der Waals surface area contributed by atoms with Crippen LogP contribution < -0.4 is 0 Å². The molecule has 0 bridgehead atoms. The lowest BCUT2D eigenvalue weighted by Gasteiger charge is -2.07. The lowest BCUT2D eigenvalue weighted by atomic mass is 10.1. The molecule has 2 aromatic rings. The molecule has 0 saturated heterocycles. The van der Waals surface area contributed by atoms with E-state index < -0.39 is 0 Å². The summed E-state index contributed by atoms with van der Waals surface area (Å²) in [6.07, 6.45) is 3.49. The van der Waals surface area contributed by atoms with Crippen LogP contribution in [0.15, 0.2) is 17.8 Å². The average molecular weight is 209 g/mol. The van der Waals surface area contributed by atoms with Crippen molar-refractivity contribution in [2.45, 2.75) is 12.8 Å². The number of aliphatic hydroxyl groups excluding tert-OH is 1. The van der Waals surface area contributed by atoms with E-state index in [4.69, 9.17) is 0 Å². The first-order valence-corrected chi connectivity index (χ1v) is 5.21. The van der Waals surface area contributed by atoms with Gasteiger partial charge in [-0.1, -0.05) is 0 Å². The van der Waals surface area contributed by atoms with Crippen molar-refractivity contribution in [2.75, 3.05) is 6.61 Å². The zero-order chi connectivity index (χ0) is 9.97. The van der Waals surface area contributed by atoms with Crippen LogP contribution in [0.1, 0.15) is 22.4 Å². The van der Waals surface area contributed by atoms with Gasteiger partial charge in [-0.05, 0) is 6.92 Å². The Morgan fingerprint density at radius 3 is 2.93 bits per heavy atom. The van der Waals surface area contributed by atoms with Crippen molar-refractivity contribution >= 4 is 11.3 Å². The molecule has 0 saturated carbocycles. The second-order valence-electron chi connectivity index (χ2n) is 3.06. The molecule has 0 fully saturated rings. The van der Waals surface area contributed by atoms with E-state index in [1.165, 1.54) is 11.3 Å². The number of hydrogen-bond acceptors (Lipinski definition) is 4. The molecule has 2 rings (SSSR count). The third kappa shape index (κ3) is 1.69. The van der Waals surface area contributed by atoms with Crippen molar-refractivity contribution in [1.29, 1.82) is 0 Å². The van der Waals surface area contributed by atoms with Gasteiger partial charge in [0.2, 0.25) is 0 Å². The van der Waals surface area contributed by atoms with Crippen LogP contribution in [0, 0.1) is 6.92 Å². The summed E-state index contributed by atoms with van der Waals surface area (Å²) in [7, 11) is 0. The number of aromatic amines is 1. The van der Waals surface area contributed by atoms with Gasteiger partial charge in [0.15, 0.2) is 0 Å². The SMILES string of the molecule is Cc1cnc(C(CO)c2nccs2)[nH]1. The van der Waals surface area contributed by atoms with Crippen LogP contribution in [0.2, 0.25) is 0 Å². The topological polar surface area (TPSA) is 61.8 Å². The molecule has 0 aliphatic carbocycles. The third-order valence-corrected chi connectivity index (χ3v) is 2.87. The quantitative estimate of drug-likeness (QED) is 0.801. The highest BCUT2D eigenvalue weighted by Crippen LogP contribution is 2.23. The molecule has 0 spiro atoms. The summed E-state index contributed by atoms with van der Waals surface area (Å²) in [6, 6.07) is 0. The first-order valence-electron chi connectivity index (χ1n) is 4.33. The first kappa shape index (κ1) is 9.36. The molecular formula is C9H11N3OS. The monoisotopic (exact) mass is 209 g/mol. The van der Waals surface area contributed by atoms with Crippen molar-refractivity contribution in [1.82, 2.24) is 15.0 Å². The summed E-state index contributed by atoms with van der Waals surface area (Å²) >= 11 is 1.53. The molecule has 5 heteroatoms. The molecule has 14 heavy (non-hydrogen) atoms. The van der Waals surface area contributed by atoms with E-state index in [2.05, 4.69) is 15.0 Å². The van der Waals surface area contributed by atoms with Crippen molar-refractivity contribution in [3.05, 3.63) is 34.3 Å². The van der Waals surface area contributed by atoms with Crippen molar-refractivity contribution in [3.63, 3.8) is 0 Å². The Kier molecular flexibility index (Phi) is 2.60. The van der Waals surface area contributed by atoms with Gasteiger partial charge in [-0.25, -0.2) is 9.97 Å². The predicted octanol–water partition coefficient (Wildman–Crippen LogP) is 1.30. The number of aliphatic hydroxyl groups is 1. The molecule has 0 aromatic carbocycles. The Labute approximate surface area is 85.7 Å². The molecule has 1 unspecified atom stereocenters. The average Bonchev–Trinajstić information content (AvgIpc) is 2.79. The molecule has 2 heterocycles. The van der Waals surface area contributed by atoms with Crippen molar-refractivity contribution in [2.24, 2.45) is 0 Å². The van der Waals surface area contributed by atoms with E-state index >= 15 is 0 Å². The summed E-state index contributed by atoms with van der Waals surface area (Å²) in [5, 5.41) is 12.1. The Bertz CT molecular complexity index is 396. The van der Waals surface area contributed by atoms with Crippen LogP contribution in [-0.4, -0.2) is 26.7 Å². The zero-order valence-corrected chi connectivity index (χ0v) is 8.58. The van der Waals surface area contributed by atoms with E-state index in [-0.39, 0.29) is 12.5 Å². The summed E-state index contributed by atoms with van der Waals surface area (Å²) in [5.41, 5.74) is 0.995. The fraction of sp³-hybridized carbons (Fsp3) is 0.333. The highest BCUT2D eigenvalue weighted by molar-refractivity contribution is 7.09. The van der Waals surface area contributed by atoms with Gasteiger partial charge in [-0.3, -0.25) is 0 Å². The number of aryl methyl sites for hydroxylation is 1. The van der Waals surface area contributed by atoms with Crippen LogP contribution in [-0.2, 0) is 0 Å². The highest BCUT2D eigenvalue weighted by atomic mass is 32.1. The Hall–Kier alpha value is -1.20. The summed E-state index contributed by atoms with van der Waals surface area (Å²) in [6.45, 7) is 1.97. The van der Waals surface area contributed by atoms with Crippen LogP contribution in [0.5, 0.6) is 0 Å². The van der Waals surface area contributed by atoms with Gasteiger partial charge in [0.1, 0.15) is 10.8 Å². The molecule has 0 aliphatic rings. The minimum Gasteiger partial charge on any atom is -0.395 e. The van der Waals surface area contributed by atoms with Crippen molar-refractivity contribution in [3.8, 4) is 0 Å². The maximum absolute atomic E-state index is 9.27. The van der Waals surface area contributed by atoms with Crippen molar-refractivity contribution < 1.29 is 5.11 Å². The minimum absolute atomic E-state index is 0.0282. The molecule has 74 valence electrons. The molecule has 1 atom stereocenters. The number of nitrogens with zero attached hydrogens (tertiary/aromatic N) is 2. The van der Waals surface area contributed by atoms with Gasteiger partial charge in [0.25, 0.3) is 0 Å². The summed E-state index contributed by atoms with van der Waals surface area (Å²) in [5.74, 6) is 0.656. The van der Waals surface area contributed by atoms with E-state index in [1.807, 2.05) is 12.3 Å². The van der Waals surface area contributed by atoms with Gasteiger partial charge in [0.05, 0.1) is 12.5 Å². The van der Waals surface area contributed by atoms with Crippen LogP contribution in [0.4, 0.5) is 0 Å². The van der Waals surface area contributed by atoms with E-state index in [1.54, 1.807) is 12.4 Å². The van der Waals surface area contributed by atoms with Gasteiger partial charge >= 0.3 is 0 Å². The number of rotatable bonds is 3. The molecule has 0 radical (unpaired) electrons. The second-order valence-corrected chi connectivity index (χ2v) is 3.98. The third-order valence-electron chi connectivity index (χ3n) is 1.98. The maximum Gasteiger partial charge on any atom is 0.118 e. The summed E-state index contributed by atoms with van der Waals surface area (Å²) in [4.78, 5) is 11.5. The van der Waals surface area contributed by atoms with Crippen LogP contribution in [0.25, 0.3) is 0 Å². The normalized spacial score (nSPS) is 13.0. The number of thiazole rings is 1. The van der Waals surface area contributed by atoms with Gasteiger partial charge in [-0.15, -0.1) is 11.3 Å². The molecule has 4 nitrogen and oxygen atoms in total. The fourth-order valence-corrected chi connectivity index (χ4v) is 2.03. The second kappa shape index (κ2) is 3.89. The molecule has 0 amide bonds. The minimum atomic E-state index is -0.122. The van der Waals surface area contributed by atoms with Crippen LogP contribution in [0.3, 0.4) is 0 Å². The van der Waals surface area contributed by atoms with Crippen LogP contribution >= 0.6 is 11.3 Å². The summed E-state index contributed by atoms with van der Waals surface area (Å²) < 4.78 is 0. The molecule has 2 aromatic heterocycles. The number of nitrogens with one attached hydrogen (secondary N) is 1.